The van der Waals surface area contributed by atoms with Gasteiger partial charge < -0.3 is 14.2 Å². The molecular weight excluding hydrogens is 949 g/mol. The van der Waals surface area contributed by atoms with Gasteiger partial charge in [0.25, 0.3) is 0 Å². The molecule has 6 heteroatoms. The molecule has 0 saturated carbocycles. The van der Waals surface area contributed by atoms with Gasteiger partial charge >= 0.3 is 17.9 Å². The number of unbranched alkanes of at least 4 members (excludes halogenated alkanes) is 41. The second kappa shape index (κ2) is 65.6. The van der Waals surface area contributed by atoms with Crippen LogP contribution in [0.4, 0.5) is 0 Å². The highest BCUT2D eigenvalue weighted by molar-refractivity contribution is 5.71. The van der Waals surface area contributed by atoms with Gasteiger partial charge in [0.2, 0.25) is 0 Å². The van der Waals surface area contributed by atoms with E-state index in [1.165, 1.54) is 225 Å². The highest BCUT2D eigenvalue weighted by Gasteiger charge is 2.19. The monoisotopic (exact) mass is 1080 g/mol. The summed E-state index contributed by atoms with van der Waals surface area (Å²) in [4.78, 5) is 38.4. The summed E-state index contributed by atoms with van der Waals surface area (Å²) in [7, 11) is 0. The minimum absolute atomic E-state index is 0.0676. The maximum atomic E-state index is 12.9. The quantitative estimate of drug-likeness (QED) is 0.0261. The van der Waals surface area contributed by atoms with Crippen LogP contribution < -0.4 is 0 Å². The molecule has 0 radical (unpaired) electrons. The molecule has 1 unspecified atom stereocenters. The average molecular weight is 1080 g/mol. The standard InChI is InChI=1S/C71H128O6/c1-4-7-10-13-16-19-22-25-28-29-30-31-32-33-34-35-36-37-38-39-40-41-44-46-49-52-55-58-61-64-70(73)76-67-68(77-71(74)65-62-59-56-53-50-47-43-27-24-21-18-15-12-9-6-3)66-75-69(72)63-60-57-54-51-48-45-42-26-23-20-17-14-11-8-5-2/h7,10,16,19,25,28,30-31,33-34,68H,4-6,8-9,11-15,17-18,20-24,26-27,29,32,35-67H2,1-3H3/b10-7-,19-16-,28-25-,31-30-,34-33-. The topological polar surface area (TPSA) is 78.9 Å². The summed E-state index contributed by atoms with van der Waals surface area (Å²) in [6.07, 6.45) is 83.8. The lowest BCUT2D eigenvalue weighted by atomic mass is 10.0. The van der Waals surface area contributed by atoms with Crippen LogP contribution >= 0.6 is 0 Å². The first kappa shape index (κ1) is 74.1. The predicted molar refractivity (Wildman–Crippen MR) is 335 cm³/mol. The second-order valence-corrected chi connectivity index (χ2v) is 22.7. The lowest BCUT2D eigenvalue weighted by molar-refractivity contribution is -0.167. The van der Waals surface area contributed by atoms with Crippen LogP contribution in [0, 0.1) is 0 Å². The molecule has 6 nitrogen and oxygen atoms in total. The molecular formula is C71H128O6. The number of ether oxygens (including phenoxy) is 3. The number of allylic oxidation sites excluding steroid dienone is 10. The summed E-state index contributed by atoms with van der Waals surface area (Å²) < 4.78 is 17.0. The second-order valence-electron chi connectivity index (χ2n) is 22.7. The lowest BCUT2D eigenvalue weighted by Gasteiger charge is -2.18. The summed E-state index contributed by atoms with van der Waals surface area (Å²) in [5, 5.41) is 0. The maximum Gasteiger partial charge on any atom is 0.306 e. The van der Waals surface area contributed by atoms with Gasteiger partial charge in [-0.25, -0.2) is 0 Å². The van der Waals surface area contributed by atoms with Crippen LogP contribution in [0.1, 0.15) is 355 Å². The van der Waals surface area contributed by atoms with E-state index in [0.29, 0.717) is 19.3 Å². The largest absolute Gasteiger partial charge is 0.462 e. The Morgan fingerprint density at radius 3 is 0.792 bits per heavy atom. The predicted octanol–water partition coefficient (Wildman–Crippen LogP) is 23.1. The Kier molecular flexibility index (Phi) is 63.2. The molecule has 0 rings (SSSR count). The Hall–Kier alpha value is -2.89. The van der Waals surface area contributed by atoms with Crippen molar-refractivity contribution in [2.24, 2.45) is 0 Å². The smallest absolute Gasteiger partial charge is 0.306 e. The first-order chi connectivity index (χ1) is 38.0. The summed E-state index contributed by atoms with van der Waals surface area (Å²) in [5.74, 6) is -0.844. The molecule has 0 aliphatic carbocycles. The van der Waals surface area contributed by atoms with E-state index in [-0.39, 0.29) is 31.1 Å². The van der Waals surface area contributed by atoms with Gasteiger partial charge in [-0.3, -0.25) is 14.4 Å². The third-order valence-electron chi connectivity index (χ3n) is 15.0. The van der Waals surface area contributed by atoms with E-state index in [4.69, 9.17) is 14.2 Å². The van der Waals surface area contributed by atoms with Crippen LogP contribution in [-0.4, -0.2) is 37.2 Å². The fourth-order valence-corrected chi connectivity index (χ4v) is 10.0. The van der Waals surface area contributed by atoms with E-state index >= 15 is 0 Å². The van der Waals surface area contributed by atoms with Crippen molar-refractivity contribution >= 4 is 17.9 Å². The van der Waals surface area contributed by atoms with Crippen LogP contribution in [0.2, 0.25) is 0 Å². The number of esters is 3. The van der Waals surface area contributed by atoms with Crippen molar-refractivity contribution in [1.82, 2.24) is 0 Å². The van der Waals surface area contributed by atoms with Crippen LogP contribution in [0.25, 0.3) is 0 Å². The van der Waals surface area contributed by atoms with E-state index in [1.807, 2.05) is 0 Å². The zero-order valence-corrected chi connectivity index (χ0v) is 51.5. The molecule has 0 fully saturated rings. The van der Waals surface area contributed by atoms with Crippen LogP contribution in [0.15, 0.2) is 60.8 Å². The van der Waals surface area contributed by atoms with Gasteiger partial charge in [0.15, 0.2) is 6.10 Å². The van der Waals surface area contributed by atoms with Gasteiger partial charge in [-0.1, -0.05) is 332 Å². The molecule has 0 aromatic rings. The van der Waals surface area contributed by atoms with Crippen LogP contribution in [0.5, 0.6) is 0 Å². The number of hydrogen-bond acceptors (Lipinski definition) is 6. The average Bonchev–Trinajstić information content (AvgIpc) is 3.43. The van der Waals surface area contributed by atoms with E-state index in [2.05, 4.69) is 81.5 Å². The molecule has 448 valence electrons. The third-order valence-corrected chi connectivity index (χ3v) is 15.0. The zero-order valence-electron chi connectivity index (χ0n) is 51.5. The van der Waals surface area contributed by atoms with Crippen LogP contribution in [-0.2, 0) is 28.6 Å². The van der Waals surface area contributed by atoms with E-state index in [0.717, 1.165) is 89.9 Å². The Labute approximate surface area is 479 Å². The van der Waals surface area contributed by atoms with Gasteiger partial charge in [0.05, 0.1) is 0 Å². The Morgan fingerprint density at radius 2 is 0.506 bits per heavy atom. The van der Waals surface area contributed by atoms with Crippen molar-refractivity contribution in [2.75, 3.05) is 13.2 Å². The summed E-state index contributed by atoms with van der Waals surface area (Å²) in [5.41, 5.74) is 0. The van der Waals surface area contributed by atoms with Crippen LogP contribution in [0.3, 0.4) is 0 Å². The SMILES string of the molecule is CC/C=C\C/C=C\C/C=C\C/C=C\C/C=C\CCCCCCCCCCCCCCCC(=O)OCC(COC(=O)CCCCCCCCCCCCCCCCC)OC(=O)CCCCCCCCCCCCCCCCC. The van der Waals surface area contributed by atoms with E-state index in [9.17, 15) is 14.4 Å². The first-order valence-corrected chi connectivity index (χ1v) is 33.8. The highest BCUT2D eigenvalue weighted by Crippen LogP contribution is 2.18. The molecule has 0 aromatic heterocycles. The molecule has 1 atom stereocenters. The first-order valence-electron chi connectivity index (χ1n) is 33.8. The molecule has 0 aliphatic heterocycles. The van der Waals surface area contributed by atoms with Gasteiger partial charge in [0.1, 0.15) is 13.2 Å². The molecule has 0 amide bonds. The Morgan fingerprint density at radius 1 is 0.273 bits per heavy atom. The van der Waals surface area contributed by atoms with Crippen molar-refractivity contribution in [2.45, 2.75) is 361 Å². The molecule has 0 saturated heterocycles. The van der Waals surface area contributed by atoms with Gasteiger partial charge in [0, 0.05) is 19.3 Å². The summed E-state index contributed by atoms with van der Waals surface area (Å²) >= 11 is 0. The minimum atomic E-state index is -0.770. The van der Waals surface area contributed by atoms with Gasteiger partial charge in [-0.15, -0.1) is 0 Å². The molecule has 0 N–H and O–H groups in total. The van der Waals surface area contributed by atoms with Crippen molar-refractivity contribution in [3.05, 3.63) is 60.8 Å². The van der Waals surface area contributed by atoms with Gasteiger partial charge in [-0.2, -0.15) is 0 Å². The molecule has 0 aromatic carbocycles. The molecule has 0 bridgehead atoms. The lowest BCUT2D eigenvalue weighted by Crippen LogP contribution is -2.30. The van der Waals surface area contributed by atoms with Crippen molar-refractivity contribution in [3.63, 3.8) is 0 Å². The van der Waals surface area contributed by atoms with Gasteiger partial charge in [-0.05, 0) is 64.2 Å². The van der Waals surface area contributed by atoms with Crippen molar-refractivity contribution in [1.29, 1.82) is 0 Å². The van der Waals surface area contributed by atoms with E-state index in [1.54, 1.807) is 0 Å². The molecule has 0 heterocycles. The third kappa shape index (κ3) is 63.8. The summed E-state index contributed by atoms with van der Waals surface area (Å²) in [6, 6.07) is 0. The minimum Gasteiger partial charge on any atom is -0.462 e. The fourth-order valence-electron chi connectivity index (χ4n) is 10.0. The number of carbonyl (C=O) groups is 3. The maximum absolute atomic E-state index is 12.9. The normalized spacial score (nSPS) is 12.4. The van der Waals surface area contributed by atoms with E-state index < -0.39 is 6.10 Å². The number of hydrogen-bond donors (Lipinski definition) is 0. The van der Waals surface area contributed by atoms with Crippen molar-refractivity contribution in [3.8, 4) is 0 Å². The zero-order chi connectivity index (χ0) is 55.7. The molecule has 0 aliphatic rings. The number of rotatable bonds is 62. The number of carbonyl (C=O) groups excluding carboxylic acids is 3. The molecule has 0 spiro atoms. The highest BCUT2D eigenvalue weighted by atomic mass is 16.6. The Balaban J connectivity index is 4.22. The summed E-state index contributed by atoms with van der Waals surface area (Å²) in [6.45, 7) is 6.59. The fraction of sp³-hybridized carbons (Fsp3) is 0.817. The van der Waals surface area contributed by atoms with Crippen molar-refractivity contribution < 1.29 is 28.6 Å². The Bertz CT molecular complexity index is 1380. The molecule has 77 heavy (non-hydrogen) atoms.